The molecule has 0 saturated carbocycles. The smallest absolute Gasteiger partial charge is 0.193 e. The molecule has 2 aromatic rings. The van der Waals surface area contributed by atoms with Gasteiger partial charge in [0.15, 0.2) is 5.96 Å². The summed E-state index contributed by atoms with van der Waals surface area (Å²) in [4.78, 5) is 4.40. The third kappa shape index (κ3) is 7.61. The van der Waals surface area contributed by atoms with E-state index in [1.165, 1.54) is 5.56 Å². The van der Waals surface area contributed by atoms with Gasteiger partial charge in [0.05, 0.1) is 12.7 Å². The fraction of sp³-hybridized carbons (Fsp3) is 0.350. The zero-order valence-electron chi connectivity index (χ0n) is 15.6. The van der Waals surface area contributed by atoms with Crippen LogP contribution in [0.25, 0.3) is 0 Å². The van der Waals surface area contributed by atoms with Crippen LogP contribution in [-0.4, -0.2) is 25.7 Å². The molecule has 6 heteroatoms. The predicted octanol–water partition coefficient (Wildman–Crippen LogP) is 4.21. The van der Waals surface area contributed by atoms with Crippen molar-refractivity contribution in [3.63, 3.8) is 0 Å². The van der Waals surface area contributed by atoms with Crippen molar-refractivity contribution in [2.45, 2.75) is 33.0 Å². The molecule has 5 nitrogen and oxygen atoms in total. The lowest BCUT2D eigenvalue weighted by Gasteiger charge is -2.11. The second-order valence-corrected chi connectivity index (χ2v) is 6.04. The fourth-order valence-corrected chi connectivity index (χ4v) is 2.41. The SMILES string of the molecule is COCc1ccccc1NC(N)=NCCc1ccc(OC(C)C)cc1.I. The number of anilines is 1. The molecule has 0 aliphatic heterocycles. The number of para-hydroxylation sites is 1. The Morgan fingerprint density at radius 1 is 1.12 bits per heavy atom. The summed E-state index contributed by atoms with van der Waals surface area (Å²) in [7, 11) is 1.67. The number of guanidine groups is 1. The number of rotatable bonds is 8. The number of benzene rings is 2. The first-order valence-corrected chi connectivity index (χ1v) is 8.48. The number of nitrogens with zero attached hydrogens (tertiary/aromatic N) is 1. The molecule has 0 aromatic heterocycles. The minimum absolute atomic E-state index is 0. The molecule has 142 valence electrons. The Bertz CT molecular complexity index is 688. The van der Waals surface area contributed by atoms with Crippen LogP contribution in [-0.2, 0) is 17.8 Å². The third-order valence-corrected chi connectivity index (χ3v) is 3.56. The number of nitrogens with one attached hydrogen (secondary N) is 1. The van der Waals surface area contributed by atoms with Crippen molar-refractivity contribution in [3.8, 4) is 5.75 Å². The quantitative estimate of drug-likeness (QED) is 0.346. The van der Waals surface area contributed by atoms with Gasteiger partial charge in [-0.3, -0.25) is 4.99 Å². The summed E-state index contributed by atoms with van der Waals surface area (Å²) in [6, 6.07) is 16.0. The van der Waals surface area contributed by atoms with Crippen LogP contribution in [0.15, 0.2) is 53.5 Å². The molecule has 26 heavy (non-hydrogen) atoms. The van der Waals surface area contributed by atoms with E-state index in [1.807, 2.05) is 50.2 Å². The second-order valence-electron chi connectivity index (χ2n) is 6.04. The number of methoxy groups -OCH3 is 1. The molecule has 0 unspecified atom stereocenters. The van der Waals surface area contributed by atoms with Crippen molar-refractivity contribution in [1.82, 2.24) is 0 Å². The third-order valence-electron chi connectivity index (χ3n) is 3.56. The molecule has 2 rings (SSSR count). The predicted molar refractivity (Wildman–Crippen MR) is 119 cm³/mol. The van der Waals surface area contributed by atoms with Gasteiger partial charge in [-0.2, -0.15) is 0 Å². The van der Waals surface area contributed by atoms with Crippen LogP contribution < -0.4 is 15.8 Å². The first-order valence-electron chi connectivity index (χ1n) is 8.48. The lowest BCUT2D eigenvalue weighted by molar-refractivity contribution is 0.185. The summed E-state index contributed by atoms with van der Waals surface area (Å²) in [6.07, 6.45) is 1.01. The Morgan fingerprint density at radius 3 is 2.46 bits per heavy atom. The van der Waals surface area contributed by atoms with Crippen LogP contribution in [0.3, 0.4) is 0 Å². The molecular formula is C20H28IN3O2. The van der Waals surface area contributed by atoms with E-state index < -0.39 is 0 Å². The minimum Gasteiger partial charge on any atom is -0.491 e. The van der Waals surface area contributed by atoms with Crippen LogP contribution in [0.1, 0.15) is 25.0 Å². The average Bonchev–Trinajstić information content (AvgIpc) is 2.58. The number of hydrogen-bond acceptors (Lipinski definition) is 3. The van der Waals surface area contributed by atoms with Crippen LogP contribution in [0.2, 0.25) is 0 Å². The van der Waals surface area contributed by atoms with Crippen molar-refractivity contribution >= 4 is 35.6 Å². The van der Waals surface area contributed by atoms with E-state index in [1.54, 1.807) is 7.11 Å². The van der Waals surface area contributed by atoms with Gasteiger partial charge in [0, 0.05) is 24.9 Å². The zero-order chi connectivity index (χ0) is 18.1. The Balaban J connectivity index is 0.00000338. The highest BCUT2D eigenvalue weighted by Gasteiger charge is 2.02. The molecule has 0 radical (unpaired) electrons. The topological polar surface area (TPSA) is 68.9 Å². The van der Waals surface area contributed by atoms with Crippen molar-refractivity contribution < 1.29 is 9.47 Å². The summed E-state index contributed by atoms with van der Waals surface area (Å²) in [5.74, 6) is 1.29. The van der Waals surface area contributed by atoms with Crippen LogP contribution in [0.5, 0.6) is 5.75 Å². The average molecular weight is 469 g/mol. The van der Waals surface area contributed by atoms with Crippen LogP contribution in [0.4, 0.5) is 5.69 Å². The zero-order valence-corrected chi connectivity index (χ0v) is 17.9. The summed E-state index contributed by atoms with van der Waals surface area (Å²) in [5, 5.41) is 3.14. The Hall–Kier alpha value is -1.80. The number of nitrogens with two attached hydrogens (primary N) is 1. The fourth-order valence-electron chi connectivity index (χ4n) is 2.41. The van der Waals surface area contributed by atoms with Crippen molar-refractivity contribution in [1.29, 1.82) is 0 Å². The van der Waals surface area contributed by atoms with Gasteiger partial charge in [-0.15, -0.1) is 24.0 Å². The van der Waals surface area contributed by atoms with Crippen molar-refractivity contribution in [2.75, 3.05) is 19.0 Å². The Morgan fingerprint density at radius 2 is 1.81 bits per heavy atom. The largest absolute Gasteiger partial charge is 0.491 e. The van der Waals surface area contributed by atoms with Gasteiger partial charge in [0.1, 0.15) is 5.75 Å². The van der Waals surface area contributed by atoms with Gasteiger partial charge < -0.3 is 20.5 Å². The maximum Gasteiger partial charge on any atom is 0.193 e. The van der Waals surface area contributed by atoms with E-state index in [-0.39, 0.29) is 30.1 Å². The summed E-state index contributed by atoms with van der Waals surface area (Å²) >= 11 is 0. The molecule has 0 bridgehead atoms. The molecule has 0 fully saturated rings. The van der Waals surface area contributed by atoms with E-state index in [4.69, 9.17) is 15.2 Å². The monoisotopic (exact) mass is 469 g/mol. The summed E-state index contributed by atoms with van der Waals surface area (Å²) in [5.41, 5.74) is 9.16. The highest BCUT2D eigenvalue weighted by molar-refractivity contribution is 14.0. The van der Waals surface area contributed by atoms with Crippen LogP contribution in [0, 0.1) is 0 Å². The molecule has 3 N–H and O–H groups in total. The molecule has 0 aliphatic rings. The lowest BCUT2D eigenvalue weighted by Crippen LogP contribution is -2.23. The van der Waals surface area contributed by atoms with Gasteiger partial charge in [-0.1, -0.05) is 30.3 Å². The van der Waals surface area contributed by atoms with E-state index in [0.717, 1.165) is 23.4 Å². The molecule has 0 spiro atoms. The van der Waals surface area contributed by atoms with Crippen LogP contribution >= 0.6 is 24.0 Å². The standard InChI is InChI=1S/C20H27N3O2.HI/c1-15(2)25-18-10-8-16(9-11-18)12-13-22-20(21)23-19-7-5-4-6-17(19)14-24-3;/h4-11,15H,12-14H2,1-3H3,(H3,21,22,23);1H. The maximum atomic E-state index is 5.99. The van der Waals surface area contributed by atoms with Gasteiger partial charge in [-0.05, 0) is 44.0 Å². The Kier molecular flexibility index (Phi) is 10.0. The summed E-state index contributed by atoms with van der Waals surface area (Å²) < 4.78 is 10.8. The van der Waals surface area contributed by atoms with E-state index in [2.05, 4.69) is 22.4 Å². The molecule has 0 amide bonds. The first kappa shape index (κ1) is 22.2. The highest BCUT2D eigenvalue weighted by atomic mass is 127. The van der Waals surface area contributed by atoms with E-state index >= 15 is 0 Å². The van der Waals surface area contributed by atoms with Gasteiger partial charge in [-0.25, -0.2) is 0 Å². The second kappa shape index (κ2) is 11.7. The van der Waals surface area contributed by atoms with E-state index in [0.29, 0.717) is 19.1 Å². The number of hydrogen-bond donors (Lipinski definition) is 2. The number of ether oxygens (including phenoxy) is 2. The normalized spacial score (nSPS) is 11.2. The van der Waals surface area contributed by atoms with Crippen molar-refractivity contribution in [3.05, 3.63) is 59.7 Å². The van der Waals surface area contributed by atoms with Gasteiger partial charge >= 0.3 is 0 Å². The highest BCUT2D eigenvalue weighted by Crippen LogP contribution is 2.16. The molecule has 0 atom stereocenters. The lowest BCUT2D eigenvalue weighted by atomic mass is 10.1. The molecule has 2 aromatic carbocycles. The van der Waals surface area contributed by atoms with Crippen molar-refractivity contribution in [2.24, 2.45) is 10.7 Å². The number of aliphatic imine (C=N–C) groups is 1. The number of halogens is 1. The van der Waals surface area contributed by atoms with Gasteiger partial charge in [0.25, 0.3) is 0 Å². The Labute approximate surface area is 173 Å². The molecule has 0 saturated heterocycles. The minimum atomic E-state index is 0. The van der Waals surface area contributed by atoms with E-state index in [9.17, 15) is 0 Å². The van der Waals surface area contributed by atoms with Gasteiger partial charge in [0.2, 0.25) is 0 Å². The molecular weight excluding hydrogens is 441 g/mol. The molecule has 0 aliphatic carbocycles. The maximum absolute atomic E-state index is 5.99. The summed E-state index contributed by atoms with van der Waals surface area (Å²) in [6.45, 7) is 5.18. The molecule has 0 heterocycles. The first-order chi connectivity index (χ1) is 12.1.